The van der Waals surface area contributed by atoms with Crippen molar-refractivity contribution >= 4 is 5.91 Å². The lowest BCUT2D eigenvalue weighted by molar-refractivity contribution is -0.147. The number of ether oxygens (including phenoxy) is 2. The Labute approximate surface area is 136 Å². The van der Waals surface area contributed by atoms with Crippen LogP contribution < -0.4 is 0 Å². The Morgan fingerprint density at radius 2 is 2.30 bits per heavy atom. The van der Waals surface area contributed by atoms with Crippen LogP contribution in [-0.4, -0.2) is 49.8 Å². The van der Waals surface area contributed by atoms with Gasteiger partial charge in [0.1, 0.15) is 0 Å². The second kappa shape index (κ2) is 6.29. The predicted octanol–water partition coefficient (Wildman–Crippen LogP) is 2.72. The molecule has 1 amide bonds. The number of fused-ring (bicyclic) bond motifs is 1. The zero-order valence-corrected chi connectivity index (χ0v) is 13.5. The second-order valence-electron chi connectivity index (χ2n) is 7.28. The zero-order chi connectivity index (χ0) is 15.7. The number of piperidine rings is 1. The molecule has 2 saturated heterocycles. The van der Waals surface area contributed by atoms with Crippen LogP contribution in [0, 0.1) is 11.3 Å². The van der Waals surface area contributed by atoms with E-state index in [2.05, 4.69) is 0 Å². The highest BCUT2D eigenvalue weighted by atomic mass is 16.5. The van der Waals surface area contributed by atoms with Gasteiger partial charge in [-0.15, -0.1) is 0 Å². The van der Waals surface area contributed by atoms with Crippen molar-refractivity contribution in [3.05, 3.63) is 24.2 Å². The molecule has 1 saturated carbocycles. The minimum Gasteiger partial charge on any atom is -0.459 e. The fourth-order valence-electron chi connectivity index (χ4n) is 3.94. The third kappa shape index (κ3) is 3.17. The zero-order valence-electron chi connectivity index (χ0n) is 13.5. The van der Waals surface area contributed by atoms with Crippen LogP contribution in [0.5, 0.6) is 0 Å². The van der Waals surface area contributed by atoms with E-state index in [1.807, 2.05) is 4.90 Å². The van der Waals surface area contributed by atoms with Crippen LogP contribution in [0.4, 0.5) is 0 Å². The Kier molecular flexibility index (Phi) is 4.16. The lowest BCUT2D eigenvalue weighted by Crippen LogP contribution is -2.58. The number of hydrogen-bond acceptors (Lipinski definition) is 4. The van der Waals surface area contributed by atoms with Crippen LogP contribution >= 0.6 is 0 Å². The van der Waals surface area contributed by atoms with Crippen LogP contribution in [0.2, 0.25) is 0 Å². The van der Waals surface area contributed by atoms with Gasteiger partial charge >= 0.3 is 0 Å². The fraction of sp³-hybridized carbons (Fsp3) is 0.722. The summed E-state index contributed by atoms with van der Waals surface area (Å²) in [6, 6.07) is 3.50. The van der Waals surface area contributed by atoms with Crippen molar-refractivity contribution in [2.24, 2.45) is 11.3 Å². The van der Waals surface area contributed by atoms with E-state index in [9.17, 15) is 4.79 Å². The summed E-state index contributed by atoms with van der Waals surface area (Å²) in [6.45, 7) is 3.84. The van der Waals surface area contributed by atoms with Crippen molar-refractivity contribution in [1.82, 2.24) is 4.90 Å². The van der Waals surface area contributed by atoms with E-state index in [0.717, 1.165) is 44.9 Å². The molecule has 126 valence electrons. The van der Waals surface area contributed by atoms with E-state index in [1.165, 1.54) is 12.8 Å². The number of amides is 1. The average Bonchev–Trinajstić information content (AvgIpc) is 3.24. The van der Waals surface area contributed by atoms with Crippen molar-refractivity contribution < 1.29 is 18.7 Å². The van der Waals surface area contributed by atoms with Gasteiger partial charge in [0.2, 0.25) is 0 Å². The SMILES string of the molecule is O=C(c1ccco1)N1CC[C@@H]2OCCC[C@@]2(COCC2CC2)C1. The number of rotatable bonds is 5. The first-order chi connectivity index (χ1) is 11.3. The molecule has 1 aliphatic carbocycles. The third-order valence-corrected chi connectivity index (χ3v) is 5.45. The maximum Gasteiger partial charge on any atom is 0.289 e. The van der Waals surface area contributed by atoms with Gasteiger partial charge in [0.05, 0.1) is 19.0 Å². The van der Waals surface area contributed by atoms with E-state index in [-0.39, 0.29) is 17.4 Å². The third-order valence-electron chi connectivity index (χ3n) is 5.45. The standard InChI is InChI=1S/C18H25NO4/c20-17(15-3-1-9-22-15)19-8-6-16-18(12-19,7-2-10-23-16)13-21-11-14-4-5-14/h1,3,9,14,16H,2,4-8,10-13H2/t16-,18-/m0/s1. The molecule has 5 nitrogen and oxygen atoms in total. The lowest BCUT2D eigenvalue weighted by Gasteiger charge is -2.50. The molecule has 0 spiro atoms. The molecule has 2 aliphatic heterocycles. The maximum absolute atomic E-state index is 12.6. The first-order valence-electron chi connectivity index (χ1n) is 8.79. The number of carbonyl (C=O) groups excluding carboxylic acids is 1. The van der Waals surface area contributed by atoms with Crippen LogP contribution in [0.25, 0.3) is 0 Å². The molecule has 0 radical (unpaired) electrons. The molecule has 2 atom stereocenters. The van der Waals surface area contributed by atoms with E-state index in [0.29, 0.717) is 18.9 Å². The molecule has 4 rings (SSSR count). The summed E-state index contributed by atoms with van der Waals surface area (Å²) in [7, 11) is 0. The molecule has 0 aromatic carbocycles. The Balaban J connectivity index is 1.46. The predicted molar refractivity (Wildman–Crippen MR) is 84.2 cm³/mol. The van der Waals surface area contributed by atoms with Gasteiger partial charge in [-0.25, -0.2) is 0 Å². The number of hydrogen-bond donors (Lipinski definition) is 0. The van der Waals surface area contributed by atoms with Gasteiger partial charge in [-0.1, -0.05) is 0 Å². The Morgan fingerprint density at radius 1 is 1.39 bits per heavy atom. The molecular formula is C18H25NO4. The van der Waals surface area contributed by atoms with E-state index in [1.54, 1.807) is 18.4 Å². The molecule has 0 bridgehead atoms. The van der Waals surface area contributed by atoms with Gasteiger partial charge < -0.3 is 18.8 Å². The Morgan fingerprint density at radius 3 is 3.09 bits per heavy atom. The summed E-state index contributed by atoms with van der Waals surface area (Å²) < 4.78 is 17.4. The van der Waals surface area contributed by atoms with Crippen molar-refractivity contribution in [2.45, 2.75) is 38.2 Å². The molecule has 5 heteroatoms. The van der Waals surface area contributed by atoms with Gasteiger partial charge in [0, 0.05) is 31.7 Å². The molecule has 3 fully saturated rings. The number of carbonyl (C=O) groups is 1. The minimum atomic E-state index is -0.0480. The summed E-state index contributed by atoms with van der Waals surface area (Å²) in [5.74, 6) is 1.17. The first kappa shape index (κ1) is 15.2. The number of nitrogens with zero attached hydrogens (tertiary/aromatic N) is 1. The summed E-state index contributed by atoms with van der Waals surface area (Å²) >= 11 is 0. The topological polar surface area (TPSA) is 51.9 Å². The highest BCUT2D eigenvalue weighted by Gasteiger charge is 2.47. The van der Waals surface area contributed by atoms with Crippen molar-refractivity contribution in [3.8, 4) is 0 Å². The van der Waals surface area contributed by atoms with Crippen LogP contribution in [-0.2, 0) is 9.47 Å². The van der Waals surface area contributed by atoms with Crippen molar-refractivity contribution in [1.29, 1.82) is 0 Å². The molecule has 0 N–H and O–H groups in total. The molecule has 23 heavy (non-hydrogen) atoms. The van der Waals surface area contributed by atoms with E-state index < -0.39 is 0 Å². The van der Waals surface area contributed by atoms with Gasteiger partial charge in [0.15, 0.2) is 5.76 Å². The summed E-state index contributed by atoms with van der Waals surface area (Å²) in [5.41, 5.74) is -0.0480. The Bertz CT molecular complexity index is 539. The second-order valence-corrected chi connectivity index (χ2v) is 7.28. The van der Waals surface area contributed by atoms with Gasteiger partial charge in [-0.05, 0) is 50.2 Å². The maximum atomic E-state index is 12.6. The fourth-order valence-corrected chi connectivity index (χ4v) is 3.94. The first-order valence-corrected chi connectivity index (χ1v) is 8.79. The van der Waals surface area contributed by atoms with Gasteiger partial charge in [-0.2, -0.15) is 0 Å². The van der Waals surface area contributed by atoms with Crippen molar-refractivity contribution in [3.63, 3.8) is 0 Å². The lowest BCUT2D eigenvalue weighted by atomic mass is 9.73. The smallest absolute Gasteiger partial charge is 0.289 e. The highest BCUT2D eigenvalue weighted by Crippen LogP contribution is 2.41. The Hall–Kier alpha value is -1.33. The molecule has 0 unspecified atom stereocenters. The monoisotopic (exact) mass is 319 g/mol. The van der Waals surface area contributed by atoms with Gasteiger partial charge in [-0.3, -0.25) is 4.79 Å². The van der Waals surface area contributed by atoms with Crippen LogP contribution in [0.3, 0.4) is 0 Å². The minimum absolute atomic E-state index is 0.0133. The quantitative estimate of drug-likeness (QED) is 0.837. The number of furan rings is 1. The molecule has 3 heterocycles. The molecule has 3 aliphatic rings. The average molecular weight is 319 g/mol. The van der Waals surface area contributed by atoms with E-state index >= 15 is 0 Å². The van der Waals surface area contributed by atoms with Crippen molar-refractivity contribution in [2.75, 3.05) is 32.9 Å². The normalized spacial score (nSPS) is 31.0. The summed E-state index contributed by atoms with van der Waals surface area (Å²) in [4.78, 5) is 14.5. The van der Waals surface area contributed by atoms with Gasteiger partial charge in [0.25, 0.3) is 5.91 Å². The largest absolute Gasteiger partial charge is 0.459 e. The highest BCUT2D eigenvalue weighted by molar-refractivity contribution is 5.91. The molecule has 1 aromatic heterocycles. The van der Waals surface area contributed by atoms with Crippen LogP contribution in [0.15, 0.2) is 22.8 Å². The van der Waals surface area contributed by atoms with E-state index in [4.69, 9.17) is 13.9 Å². The summed E-state index contributed by atoms with van der Waals surface area (Å²) in [5, 5.41) is 0. The summed E-state index contributed by atoms with van der Waals surface area (Å²) in [6.07, 6.45) is 7.39. The molecule has 1 aromatic rings. The van der Waals surface area contributed by atoms with Crippen LogP contribution in [0.1, 0.15) is 42.7 Å². The molecular weight excluding hydrogens is 294 g/mol. The number of likely N-dealkylation sites (tertiary alicyclic amines) is 1.